The van der Waals surface area contributed by atoms with Crippen LogP contribution in [0.3, 0.4) is 0 Å². The van der Waals surface area contributed by atoms with Crippen molar-refractivity contribution in [3.63, 3.8) is 0 Å². The van der Waals surface area contributed by atoms with Gasteiger partial charge in [0.2, 0.25) is 5.91 Å². The first-order valence-corrected chi connectivity index (χ1v) is 6.56. The number of nitrogens with two attached hydrogens (primary N) is 1. The summed E-state index contributed by atoms with van der Waals surface area (Å²) in [5.74, 6) is -0.155. The lowest BCUT2D eigenvalue weighted by Gasteiger charge is -2.23. The maximum absolute atomic E-state index is 12.1. The second kappa shape index (κ2) is 7.55. The molecule has 0 spiro atoms. The fourth-order valence-corrected chi connectivity index (χ4v) is 1.91. The van der Waals surface area contributed by atoms with Gasteiger partial charge in [0.05, 0.1) is 12.0 Å². The van der Waals surface area contributed by atoms with E-state index in [-0.39, 0.29) is 24.3 Å². The molecule has 0 radical (unpaired) electrons. The van der Waals surface area contributed by atoms with Gasteiger partial charge >= 0.3 is 0 Å². The molecule has 102 valence electrons. The van der Waals surface area contributed by atoms with Crippen LogP contribution in [0.1, 0.15) is 31.9 Å². The Morgan fingerprint density at radius 3 is 2.58 bits per heavy atom. The lowest BCUT2D eigenvalue weighted by atomic mass is 10.0. The Labute approximate surface area is 114 Å². The number of hydrogen-bond acceptors (Lipinski definition) is 3. The van der Waals surface area contributed by atoms with Crippen molar-refractivity contribution in [2.75, 3.05) is 13.1 Å². The zero-order chi connectivity index (χ0) is 14.3. The molecule has 4 nitrogen and oxygen atoms in total. The smallest absolute Gasteiger partial charge is 0.224 e. The van der Waals surface area contributed by atoms with Gasteiger partial charge in [-0.1, -0.05) is 30.3 Å². The third-order valence-electron chi connectivity index (χ3n) is 3.07. The van der Waals surface area contributed by atoms with Crippen LogP contribution in [0.5, 0.6) is 0 Å². The van der Waals surface area contributed by atoms with E-state index in [1.54, 1.807) is 4.90 Å². The van der Waals surface area contributed by atoms with Crippen LogP contribution >= 0.6 is 0 Å². The van der Waals surface area contributed by atoms with E-state index in [1.165, 1.54) is 0 Å². The van der Waals surface area contributed by atoms with Gasteiger partial charge in [-0.25, -0.2) is 0 Å². The molecule has 1 aromatic carbocycles. The average molecular weight is 259 g/mol. The van der Waals surface area contributed by atoms with E-state index in [0.717, 1.165) is 5.56 Å². The van der Waals surface area contributed by atoms with E-state index >= 15 is 0 Å². The minimum atomic E-state index is -0.292. The van der Waals surface area contributed by atoms with Crippen LogP contribution in [-0.2, 0) is 4.79 Å². The Morgan fingerprint density at radius 1 is 1.42 bits per heavy atom. The van der Waals surface area contributed by atoms with Crippen LogP contribution in [0.15, 0.2) is 30.3 Å². The monoisotopic (exact) mass is 259 g/mol. The highest BCUT2D eigenvalue weighted by Gasteiger charge is 2.18. The minimum absolute atomic E-state index is 0.000882. The lowest BCUT2D eigenvalue weighted by molar-refractivity contribution is -0.131. The molecule has 0 saturated heterocycles. The standard InChI is InChI=1S/C15H21N3O/c1-3-18(11-12(2)10-16)15(19)9-14(17)13-7-5-4-6-8-13/h4-8,12,14H,3,9,11,17H2,1-2H3. The van der Waals surface area contributed by atoms with Gasteiger partial charge < -0.3 is 10.6 Å². The number of hydrogen-bond donors (Lipinski definition) is 1. The van der Waals surface area contributed by atoms with Crippen LogP contribution in [0.25, 0.3) is 0 Å². The highest BCUT2D eigenvalue weighted by molar-refractivity contribution is 5.77. The van der Waals surface area contributed by atoms with Gasteiger partial charge in [0, 0.05) is 25.6 Å². The van der Waals surface area contributed by atoms with E-state index in [2.05, 4.69) is 6.07 Å². The topological polar surface area (TPSA) is 70.1 Å². The van der Waals surface area contributed by atoms with Gasteiger partial charge in [0.15, 0.2) is 0 Å². The molecule has 0 aliphatic rings. The third-order valence-corrected chi connectivity index (χ3v) is 3.07. The van der Waals surface area contributed by atoms with Crippen molar-refractivity contribution in [3.05, 3.63) is 35.9 Å². The number of amides is 1. The van der Waals surface area contributed by atoms with Crippen molar-refractivity contribution < 1.29 is 4.79 Å². The summed E-state index contributed by atoms with van der Waals surface area (Å²) in [6.07, 6.45) is 0.274. The predicted molar refractivity (Wildman–Crippen MR) is 75.0 cm³/mol. The fourth-order valence-electron chi connectivity index (χ4n) is 1.91. The van der Waals surface area contributed by atoms with Gasteiger partial charge in [-0.15, -0.1) is 0 Å². The van der Waals surface area contributed by atoms with Crippen LogP contribution < -0.4 is 5.73 Å². The number of benzene rings is 1. The minimum Gasteiger partial charge on any atom is -0.342 e. The summed E-state index contributed by atoms with van der Waals surface area (Å²) >= 11 is 0. The Kier molecular flexibility index (Phi) is 6.04. The lowest BCUT2D eigenvalue weighted by Crippen LogP contribution is -2.36. The van der Waals surface area contributed by atoms with Crippen LogP contribution in [0.4, 0.5) is 0 Å². The molecular weight excluding hydrogens is 238 g/mol. The molecule has 1 rings (SSSR count). The Bertz CT molecular complexity index is 438. The zero-order valence-corrected chi connectivity index (χ0v) is 11.5. The number of rotatable bonds is 6. The van der Waals surface area contributed by atoms with Gasteiger partial charge in [-0.2, -0.15) is 5.26 Å². The first kappa shape index (κ1) is 15.2. The van der Waals surface area contributed by atoms with Crippen LogP contribution in [0.2, 0.25) is 0 Å². The summed E-state index contributed by atoms with van der Waals surface area (Å²) in [6, 6.07) is 11.4. The van der Waals surface area contributed by atoms with E-state index in [0.29, 0.717) is 13.1 Å². The molecular formula is C15H21N3O. The molecule has 4 heteroatoms. The van der Waals surface area contributed by atoms with Gasteiger partial charge in [-0.05, 0) is 19.4 Å². The average Bonchev–Trinajstić information content (AvgIpc) is 2.45. The normalized spacial score (nSPS) is 13.4. The molecule has 0 saturated carbocycles. The molecule has 2 N–H and O–H groups in total. The fraction of sp³-hybridized carbons (Fsp3) is 0.467. The van der Waals surface area contributed by atoms with Gasteiger partial charge in [0.1, 0.15) is 0 Å². The second-order valence-electron chi connectivity index (χ2n) is 4.68. The number of nitrogens with zero attached hydrogens (tertiary/aromatic N) is 2. The summed E-state index contributed by atoms with van der Waals surface area (Å²) in [5.41, 5.74) is 7.00. The molecule has 1 amide bonds. The summed E-state index contributed by atoms with van der Waals surface area (Å²) in [5, 5.41) is 8.81. The van der Waals surface area contributed by atoms with Crippen molar-refractivity contribution in [3.8, 4) is 6.07 Å². The number of carbonyl (C=O) groups excluding carboxylic acids is 1. The molecule has 1 aromatic rings. The number of carbonyl (C=O) groups is 1. The van der Waals surface area contributed by atoms with E-state index in [4.69, 9.17) is 11.0 Å². The Balaban J connectivity index is 2.60. The molecule has 0 aromatic heterocycles. The second-order valence-corrected chi connectivity index (χ2v) is 4.68. The maximum Gasteiger partial charge on any atom is 0.224 e. The van der Waals surface area contributed by atoms with Gasteiger partial charge in [-0.3, -0.25) is 4.79 Å². The molecule has 0 heterocycles. The molecule has 0 aliphatic carbocycles. The number of nitriles is 1. The van der Waals surface area contributed by atoms with Crippen molar-refractivity contribution >= 4 is 5.91 Å². The summed E-state index contributed by atoms with van der Waals surface area (Å²) in [4.78, 5) is 13.8. The molecule has 2 atom stereocenters. The zero-order valence-electron chi connectivity index (χ0n) is 11.5. The summed E-state index contributed by atoms with van der Waals surface area (Å²) in [6.45, 7) is 4.79. The molecule has 0 aliphatic heterocycles. The molecule has 0 fully saturated rings. The van der Waals surface area contributed by atoms with Crippen molar-refractivity contribution in [1.82, 2.24) is 4.90 Å². The predicted octanol–water partition coefficient (Wildman–Crippen LogP) is 2.08. The highest BCUT2D eigenvalue weighted by atomic mass is 16.2. The first-order valence-electron chi connectivity index (χ1n) is 6.56. The highest BCUT2D eigenvalue weighted by Crippen LogP contribution is 2.15. The van der Waals surface area contributed by atoms with Crippen LogP contribution in [-0.4, -0.2) is 23.9 Å². The Hall–Kier alpha value is -1.86. The van der Waals surface area contributed by atoms with Gasteiger partial charge in [0.25, 0.3) is 0 Å². The van der Waals surface area contributed by atoms with Crippen molar-refractivity contribution in [2.24, 2.45) is 11.7 Å². The molecule has 2 unspecified atom stereocenters. The van der Waals surface area contributed by atoms with E-state index in [9.17, 15) is 4.79 Å². The van der Waals surface area contributed by atoms with E-state index in [1.807, 2.05) is 44.2 Å². The van der Waals surface area contributed by atoms with Crippen molar-refractivity contribution in [1.29, 1.82) is 5.26 Å². The molecule has 0 bridgehead atoms. The van der Waals surface area contributed by atoms with Crippen molar-refractivity contribution in [2.45, 2.75) is 26.3 Å². The quantitative estimate of drug-likeness (QED) is 0.850. The first-order chi connectivity index (χ1) is 9.08. The van der Waals surface area contributed by atoms with Crippen LogP contribution in [0, 0.1) is 17.2 Å². The maximum atomic E-state index is 12.1. The SMILES string of the molecule is CCN(CC(C)C#N)C(=O)CC(N)c1ccccc1. The largest absolute Gasteiger partial charge is 0.342 e. The molecule has 19 heavy (non-hydrogen) atoms. The third kappa shape index (κ3) is 4.72. The Morgan fingerprint density at radius 2 is 2.05 bits per heavy atom. The summed E-state index contributed by atoms with van der Waals surface area (Å²) < 4.78 is 0. The summed E-state index contributed by atoms with van der Waals surface area (Å²) in [7, 11) is 0. The van der Waals surface area contributed by atoms with E-state index < -0.39 is 0 Å².